The molecule has 2 heterocycles. The minimum absolute atomic E-state index is 0.0229. The molecule has 2 atom stereocenters. The first-order valence-corrected chi connectivity index (χ1v) is 9.91. The summed E-state index contributed by atoms with van der Waals surface area (Å²) < 4.78 is 29.6. The second-order valence-electron chi connectivity index (χ2n) is 7.34. The highest BCUT2D eigenvalue weighted by Gasteiger charge is 2.23. The average Bonchev–Trinajstić information content (AvgIpc) is 2.67. The van der Waals surface area contributed by atoms with Gasteiger partial charge in [0.25, 0.3) is 5.56 Å². The SMILES string of the molecule is CC(C)Nc1nc(=O)n(Cc2ccc[nH]c2=O)c(=O)n1CC1C=C(F)C(F)=C(P)C1. The van der Waals surface area contributed by atoms with E-state index in [1.807, 2.05) is 13.8 Å². The molecule has 0 radical (unpaired) electrons. The van der Waals surface area contributed by atoms with Crippen LogP contribution in [0.3, 0.4) is 0 Å². The Bertz CT molecular complexity index is 1200. The van der Waals surface area contributed by atoms with Gasteiger partial charge in [0.15, 0.2) is 11.7 Å². The highest BCUT2D eigenvalue weighted by molar-refractivity contribution is 7.22. The van der Waals surface area contributed by atoms with Crippen molar-refractivity contribution in [2.45, 2.75) is 39.4 Å². The van der Waals surface area contributed by atoms with E-state index in [0.717, 1.165) is 10.6 Å². The predicted molar refractivity (Wildman–Crippen MR) is 113 cm³/mol. The summed E-state index contributed by atoms with van der Waals surface area (Å²) in [5.74, 6) is -2.39. The molecule has 0 spiro atoms. The second-order valence-corrected chi connectivity index (χ2v) is 8.04. The summed E-state index contributed by atoms with van der Waals surface area (Å²) in [4.78, 5) is 44.0. The molecule has 0 aromatic carbocycles. The quantitative estimate of drug-likeness (QED) is 0.673. The minimum Gasteiger partial charge on any atom is -0.353 e. The van der Waals surface area contributed by atoms with E-state index in [-0.39, 0.29) is 42.4 Å². The van der Waals surface area contributed by atoms with Gasteiger partial charge in [-0.3, -0.25) is 9.36 Å². The lowest BCUT2D eigenvalue weighted by molar-refractivity contribution is 0.444. The molecule has 0 bridgehead atoms. The third-order valence-electron chi connectivity index (χ3n) is 4.57. The lowest BCUT2D eigenvalue weighted by Crippen LogP contribution is -2.44. The van der Waals surface area contributed by atoms with Crippen LogP contribution in [0.5, 0.6) is 0 Å². The standard InChI is InChI=1S/C19H22F2N5O3P/c1-10(2)23-17-24-18(28)26(9-12-4-3-5-22-16(12)27)19(29)25(17)8-11-6-13(20)15(21)14(30)7-11/h3-6,10-11H,7-9,30H2,1-2H3,(H,22,27)(H,23,24,28). The Morgan fingerprint density at radius 1 is 1.30 bits per heavy atom. The lowest BCUT2D eigenvalue weighted by atomic mass is 9.99. The molecular weight excluding hydrogens is 415 g/mol. The summed E-state index contributed by atoms with van der Waals surface area (Å²) in [7, 11) is 2.17. The Morgan fingerprint density at radius 3 is 2.67 bits per heavy atom. The number of halogens is 2. The van der Waals surface area contributed by atoms with Crippen LogP contribution in [0.4, 0.5) is 14.7 Å². The van der Waals surface area contributed by atoms with Gasteiger partial charge in [-0.15, -0.1) is 9.24 Å². The molecule has 0 saturated heterocycles. The third-order valence-corrected chi connectivity index (χ3v) is 5.06. The zero-order valence-electron chi connectivity index (χ0n) is 16.5. The minimum atomic E-state index is -0.986. The van der Waals surface area contributed by atoms with Gasteiger partial charge in [-0.25, -0.2) is 22.9 Å². The number of aromatic amines is 1. The van der Waals surface area contributed by atoms with E-state index in [9.17, 15) is 23.2 Å². The first kappa shape index (κ1) is 21.8. The van der Waals surface area contributed by atoms with E-state index < -0.39 is 34.5 Å². The molecule has 3 rings (SSSR count). The van der Waals surface area contributed by atoms with Gasteiger partial charge in [0.05, 0.1) is 6.54 Å². The summed E-state index contributed by atoms with van der Waals surface area (Å²) >= 11 is 0. The van der Waals surface area contributed by atoms with Crippen molar-refractivity contribution in [1.82, 2.24) is 19.1 Å². The van der Waals surface area contributed by atoms with Crippen molar-refractivity contribution >= 4 is 15.2 Å². The van der Waals surface area contributed by atoms with Crippen LogP contribution in [0.1, 0.15) is 25.8 Å². The number of rotatable bonds is 6. The molecule has 2 aromatic rings. The van der Waals surface area contributed by atoms with Crippen LogP contribution >= 0.6 is 9.24 Å². The number of hydrogen-bond acceptors (Lipinski definition) is 5. The maximum atomic E-state index is 13.9. The molecule has 2 aromatic heterocycles. The third kappa shape index (κ3) is 4.64. The van der Waals surface area contributed by atoms with Gasteiger partial charge in [0, 0.05) is 30.3 Å². The molecule has 1 aliphatic carbocycles. The van der Waals surface area contributed by atoms with Crippen molar-refractivity contribution in [1.29, 1.82) is 0 Å². The fourth-order valence-electron chi connectivity index (χ4n) is 3.17. The highest BCUT2D eigenvalue weighted by atomic mass is 31.0. The number of H-pyrrole nitrogens is 1. The van der Waals surface area contributed by atoms with E-state index in [4.69, 9.17) is 0 Å². The molecule has 8 nitrogen and oxygen atoms in total. The number of aromatic nitrogens is 4. The number of nitrogens with one attached hydrogen (secondary N) is 2. The second kappa shape index (κ2) is 8.87. The average molecular weight is 437 g/mol. The van der Waals surface area contributed by atoms with Gasteiger partial charge in [-0.05, 0) is 37.7 Å². The summed E-state index contributed by atoms with van der Waals surface area (Å²) in [5.41, 5.74) is -1.72. The smallest absolute Gasteiger partial charge is 0.353 e. The van der Waals surface area contributed by atoms with Crippen molar-refractivity contribution in [2.75, 3.05) is 5.32 Å². The van der Waals surface area contributed by atoms with Crippen molar-refractivity contribution in [3.63, 3.8) is 0 Å². The Morgan fingerprint density at radius 2 is 2.03 bits per heavy atom. The topological polar surface area (TPSA) is 102 Å². The Balaban J connectivity index is 2.06. The van der Waals surface area contributed by atoms with Crippen molar-refractivity contribution in [2.24, 2.45) is 5.92 Å². The van der Waals surface area contributed by atoms with E-state index in [2.05, 4.69) is 24.5 Å². The Hall–Kier alpha value is -2.87. The van der Waals surface area contributed by atoms with Gasteiger partial charge in [-0.2, -0.15) is 4.98 Å². The number of pyridine rings is 1. The van der Waals surface area contributed by atoms with Gasteiger partial charge in [0.2, 0.25) is 5.95 Å². The fourth-order valence-corrected chi connectivity index (χ4v) is 3.61. The normalized spacial score (nSPS) is 16.7. The van der Waals surface area contributed by atoms with Crippen LogP contribution in [0.15, 0.2) is 55.8 Å². The summed E-state index contributed by atoms with van der Waals surface area (Å²) in [5, 5.41) is 3.11. The first-order chi connectivity index (χ1) is 14.2. The molecule has 30 heavy (non-hydrogen) atoms. The molecule has 2 N–H and O–H groups in total. The van der Waals surface area contributed by atoms with Crippen LogP contribution in [0.2, 0.25) is 0 Å². The predicted octanol–water partition coefficient (Wildman–Crippen LogP) is 1.89. The highest BCUT2D eigenvalue weighted by Crippen LogP contribution is 2.34. The van der Waals surface area contributed by atoms with Gasteiger partial charge >= 0.3 is 11.4 Å². The molecule has 2 unspecified atom stereocenters. The van der Waals surface area contributed by atoms with E-state index in [0.29, 0.717) is 0 Å². The number of allylic oxidation sites excluding steroid dienone is 4. The zero-order valence-corrected chi connectivity index (χ0v) is 17.6. The molecule has 0 fully saturated rings. The Kier molecular flexibility index (Phi) is 6.45. The van der Waals surface area contributed by atoms with E-state index in [1.54, 1.807) is 6.07 Å². The van der Waals surface area contributed by atoms with Gasteiger partial charge < -0.3 is 10.3 Å². The van der Waals surface area contributed by atoms with Crippen LogP contribution in [0.25, 0.3) is 0 Å². The Labute approximate surface area is 172 Å². The maximum absolute atomic E-state index is 13.9. The summed E-state index contributed by atoms with van der Waals surface area (Å²) in [6.07, 6.45) is 2.75. The zero-order chi connectivity index (χ0) is 22.0. The van der Waals surface area contributed by atoms with E-state index >= 15 is 0 Å². The van der Waals surface area contributed by atoms with Crippen LogP contribution in [-0.4, -0.2) is 25.1 Å². The first-order valence-electron chi connectivity index (χ1n) is 9.34. The fraction of sp³-hybridized carbons (Fsp3) is 0.368. The van der Waals surface area contributed by atoms with Crippen molar-refractivity contribution in [3.05, 3.63) is 78.3 Å². The molecule has 0 saturated carbocycles. The summed E-state index contributed by atoms with van der Waals surface area (Å²) in [6.45, 7) is 3.33. The van der Waals surface area contributed by atoms with Crippen LogP contribution < -0.4 is 22.3 Å². The van der Waals surface area contributed by atoms with Crippen molar-refractivity contribution in [3.8, 4) is 0 Å². The number of anilines is 1. The number of hydrogen-bond donors (Lipinski definition) is 2. The number of nitrogens with zero attached hydrogens (tertiary/aromatic N) is 3. The molecule has 160 valence electrons. The van der Waals surface area contributed by atoms with Crippen LogP contribution in [0, 0.1) is 5.92 Å². The largest absolute Gasteiger partial charge is 0.355 e. The molecule has 0 amide bonds. The molecule has 11 heteroatoms. The summed E-state index contributed by atoms with van der Waals surface area (Å²) in [6, 6.07) is 2.95. The molecular formula is C19H22F2N5O3P. The molecule has 1 aliphatic rings. The van der Waals surface area contributed by atoms with Crippen molar-refractivity contribution < 1.29 is 8.78 Å². The van der Waals surface area contributed by atoms with E-state index in [1.165, 1.54) is 16.8 Å². The monoisotopic (exact) mass is 437 g/mol. The van der Waals surface area contributed by atoms with Crippen LogP contribution in [-0.2, 0) is 13.1 Å². The maximum Gasteiger partial charge on any atom is 0.355 e. The van der Waals surface area contributed by atoms with Gasteiger partial charge in [0.1, 0.15) is 0 Å². The van der Waals surface area contributed by atoms with Gasteiger partial charge in [-0.1, -0.05) is 6.07 Å². The lowest BCUT2D eigenvalue weighted by Gasteiger charge is -2.22. The molecule has 0 aliphatic heterocycles.